The number of ether oxygens (including phenoxy) is 1. The molecule has 1 amide bonds. The summed E-state index contributed by atoms with van der Waals surface area (Å²) in [6.45, 7) is -0.177. The van der Waals surface area contributed by atoms with Crippen LogP contribution in [0.3, 0.4) is 0 Å². The molecular weight excluding hydrogens is 246 g/mol. The minimum atomic E-state index is -1.38. The smallest absolute Gasteiger partial charge is 0.408 e. The number of carboxylic acids is 1. The van der Waals surface area contributed by atoms with E-state index in [9.17, 15) is 14.7 Å². The van der Waals surface area contributed by atoms with E-state index in [1.165, 1.54) is 0 Å². The van der Waals surface area contributed by atoms with Gasteiger partial charge in [-0.05, 0) is 17.7 Å². The summed E-state index contributed by atoms with van der Waals surface area (Å²) >= 11 is 5.74. The predicted octanol–water partition coefficient (Wildman–Crippen LogP) is 1.45. The minimum absolute atomic E-state index is 0.158. The lowest BCUT2D eigenvalue weighted by Crippen LogP contribution is -2.52. The Balaban J connectivity index is 2.22. The summed E-state index contributed by atoms with van der Waals surface area (Å²) in [6.07, 6.45) is -0.549. The van der Waals surface area contributed by atoms with Crippen LogP contribution < -0.4 is 5.32 Å². The van der Waals surface area contributed by atoms with Crippen molar-refractivity contribution < 1.29 is 19.4 Å². The maximum absolute atomic E-state index is 11.2. The van der Waals surface area contributed by atoms with Crippen molar-refractivity contribution in [1.29, 1.82) is 0 Å². The molecule has 6 heteroatoms. The van der Waals surface area contributed by atoms with Gasteiger partial charge in [-0.2, -0.15) is 0 Å². The van der Waals surface area contributed by atoms with E-state index in [2.05, 4.69) is 10.1 Å². The summed E-state index contributed by atoms with van der Waals surface area (Å²) in [4.78, 5) is 22.2. The Morgan fingerprint density at radius 1 is 1.47 bits per heavy atom. The third-order valence-corrected chi connectivity index (χ3v) is 2.87. The molecule has 17 heavy (non-hydrogen) atoms. The number of aliphatic carboxylic acids is 1. The number of carboxylic acid groups (broad SMARTS) is 1. The van der Waals surface area contributed by atoms with Crippen molar-refractivity contribution in [3.05, 3.63) is 34.9 Å². The van der Waals surface area contributed by atoms with E-state index < -0.39 is 17.6 Å². The van der Waals surface area contributed by atoms with Crippen molar-refractivity contribution in [3.8, 4) is 0 Å². The largest absolute Gasteiger partial charge is 0.479 e. The number of carbonyl (C=O) groups is 2. The van der Waals surface area contributed by atoms with Crippen LogP contribution in [0.15, 0.2) is 24.3 Å². The highest BCUT2D eigenvalue weighted by Crippen LogP contribution is 2.21. The van der Waals surface area contributed by atoms with Gasteiger partial charge in [-0.15, -0.1) is 0 Å². The third-order valence-electron chi connectivity index (χ3n) is 2.62. The summed E-state index contributed by atoms with van der Waals surface area (Å²) < 4.78 is 4.67. The first kappa shape index (κ1) is 11.7. The highest BCUT2D eigenvalue weighted by atomic mass is 35.5. The standard InChI is InChI=1S/C11H10ClNO4/c12-8-3-1-7(2-4-8)5-11(9(14)15)6-17-10(16)13-11/h1-4H,5-6H2,(H,13,16)(H,14,15). The van der Waals surface area contributed by atoms with Gasteiger partial charge in [-0.1, -0.05) is 23.7 Å². The first-order valence-corrected chi connectivity index (χ1v) is 5.32. The van der Waals surface area contributed by atoms with Crippen molar-refractivity contribution in [3.63, 3.8) is 0 Å². The highest BCUT2D eigenvalue weighted by molar-refractivity contribution is 6.30. The Hall–Kier alpha value is -1.75. The second-order valence-corrected chi connectivity index (χ2v) is 4.33. The average Bonchev–Trinajstić information content (AvgIpc) is 2.65. The summed E-state index contributed by atoms with van der Waals surface area (Å²) in [6, 6.07) is 6.78. The number of alkyl carbamates (subject to hydrolysis) is 1. The van der Waals surface area contributed by atoms with Gasteiger partial charge in [0.1, 0.15) is 6.61 Å². The summed E-state index contributed by atoms with van der Waals surface area (Å²) in [5, 5.41) is 12.1. The molecule has 1 aromatic carbocycles. The Bertz CT molecular complexity index is 459. The van der Waals surface area contributed by atoms with Crippen LogP contribution in [0, 0.1) is 0 Å². The Kier molecular flexibility index (Phi) is 2.93. The minimum Gasteiger partial charge on any atom is -0.479 e. The average molecular weight is 256 g/mol. The van der Waals surface area contributed by atoms with Crippen LogP contribution in [0.1, 0.15) is 5.56 Å². The zero-order chi connectivity index (χ0) is 12.5. The van der Waals surface area contributed by atoms with Gasteiger partial charge in [0.2, 0.25) is 0 Å². The molecule has 1 aliphatic heterocycles. The fourth-order valence-electron chi connectivity index (χ4n) is 1.69. The van der Waals surface area contributed by atoms with Crippen LogP contribution in [0.4, 0.5) is 4.79 Å². The molecule has 1 aromatic rings. The van der Waals surface area contributed by atoms with E-state index in [0.29, 0.717) is 5.02 Å². The molecule has 0 aromatic heterocycles. The molecule has 5 nitrogen and oxygen atoms in total. The van der Waals surface area contributed by atoms with E-state index in [1.807, 2.05) is 0 Å². The van der Waals surface area contributed by atoms with Gasteiger partial charge in [0, 0.05) is 11.4 Å². The molecule has 0 radical (unpaired) electrons. The van der Waals surface area contributed by atoms with Gasteiger partial charge < -0.3 is 15.2 Å². The van der Waals surface area contributed by atoms with Crippen molar-refractivity contribution in [1.82, 2.24) is 5.32 Å². The number of nitrogens with one attached hydrogen (secondary N) is 1. The van der Waals surface area contributed by atoms with Crippen LogP contribution >= 0.6 is 11.6 Å². The molecule has 1 unspecified atom stereocenters. The van der Waals surface area contributed by atoms with E-state index >= 15 is 0 Å². The SMILES string of the molecule is O=C1NC(Cc2ccc(Cl)cc2)(C(=O)O)CO1. The van der Waals surface area contributed by atoms with Gasteiger partial charge >= 0.3 is 12.1 Å². The zero-order valence-corrected chi connectivity index (χ0v) is 9.53. The fourth-order valence-corrected chi connectivity index (χ4v) is 1.82. The molecule has 0 aliphatic carbocycles. The lowest BCUT2D eigenvalue weighted by Gasteiger charge is -2.21. The van der Waals surface area contributed by atoms with Gasteiger partial charge in [-0.3, -0.25) is 0 Å². The van der Waals surface area contributed by atoms with Crippen LogP contribution in [-0.2, 0) is 16.0 Å². The molecule has 1 heterocycles. The number of benzene rings is 1. The molecule has 2 N–H and O–H groups in total. The molecule has 90 valence electrons. The topological polar surface area (TPSA) is 75.6 Å². The van der Waals surface area contributed by atoms with E-state index in [4.69, 9.17) is 11.6 Å². The molecule has 1 aliphatic rings. The summed E-state index contributed by atoms with van der Waals surface area (Å²) in [7, 11) is 0. The normalized spacial score (nSPS) is 23.0. The second-order valence-electron chi connectivity index (χ2n) is 3.89. The van der Waals surface area contributed by atoms with Gasteiger partial charge in [0.05, 0.1) is 0 Å². The maximum atomic E-state index is 11.2. The number of halogens is 1. The van der Waals surface area contributed by atoms with Crippen molar-refractivity contribution in [2.45, 2.75) is 12.0 Å². The molecule has 1 saturated heterocycles. The number of cyclic esters (lactones) is 1. The lowest BCUT2D eigenvalue weighted by molar-refractivity contribution is -0.144. The quantitative estimate of drug-likeness (QED) is 0.857. The monoisotopic (exact) mass is 255 g/mol. The Labute approximate surface area is 102 Å². The summed E-state index contributed by atoms with van der Waals surface area (Å²) in [5.41, 5.74) is -0.618. The fraction of sp³-hybridized carbons (Fsp3) is 0.273. The van der Waals surface area contributed by atoms with E-state index in [0.717, 1.165) is 5.56 Å². The first-order valence-electron chi connectivity index (χ1n) is 4.95. The number of hydrogen-bond donors (Lipinski definition) is 2. The lowest BCUT2D eigenvalue weighted by atomic mass is 9.92. The molecule has 1 atom stereocenters. The highest BCUT2D eigenvalue weighted by Gasteiger charge is 2.46. The van der Waals surface area contributed by atoms with Crippen LogP contribution in [0.25, 0.3) is 0 Å². The first-order chi connectivity index (χ1) is 8.02. The van der Waals surface area contributed by atoms with Crippen LogP contribution in [-0.4, -0.2) is 29.3 Å². The molecular formula is C11H10ClNO4. The zero-order valence-electron chi connectivity index (χ0n) is 8.77. The maximum Gasteiger partial charge on any atom is 0.408 e. The molecule has 1 fully saturated rings. The number of rotatable bonds is 3. The van der Waals surface area contributed by atoms with Crippen molar-refractivity contribution >= 4 is 23.7 Å². The number of hydrogen-bond acceptors (Lipinski definition) is 3. The molecule has 2 rings (SSSR count). The number of amides is 1. The molecule has 0 spiro atoms. The van der Waals surface area contributed by atoms with Gasteiger partial charge in [-0.25, -0.2) is 9.59 Å². The van der Waals surface area contributed by atoms with E-state index in [1.54, 1.807) is 24.3 Å². The Morgan fingerprint density at radius 2 is 2.12 bits per heavy atom. The molecule has 0 saturated carbocycles. The predicted molar refractivity (Wildman–Crippen MR) is 60.0 cm³/mol. The third kappa shape index (κ3) is 2.34. The number of carbonyl (C=O) groups excluding carboxylic acids is 1. The van der Waals surface area contributed by atoms with Gasteiger partial charge in [0.15, 0.2) is 5.54 Å². The summed E-state index contributed by atoms with van der Waals surface area (Å²) in [5.74, 6) is -1.11. The van der Waals surface area contributed by atoms with Crippen molar-refractivity contribution in [2.24, 2.45) is 0 Å². The van der Waals surface area contributed by atoms with Crippen LogP contribution in [0.2, 0.25) is 5.02 Å². The van der Waals surface area contributed by atoms with Gasteiger partial charge in [0.25, 0.3) is 0 Å². The Morgan fingerprint density at radius 3 is 2.59 bits per heavy atom. The van der Waals surface area contributed by atoms with Crippen molar-refractivity contribution in [2.75, 3.05) is 6.61 Å². The van der Waals surface area contributed by atoms with E-state index in [-0.39, 0.29) is 13.0 Å². The van der Waals surface area contributed by atoms with Crippen LogP contribution in [0.5, 0.6) is 0 Å². The second kappa shape index (κ2) is 4.25. The molecule has 0 bridgehead atoms.